The second kappa shape index (κ2) is 54.3. The van der Waals surface area contributed by atoms with Crippen molar-refractivity contribution in [2.45, 2.75) is 62.3 Å². The molecule has 0 saturated heterocycles. The number of aromatic nitrogens is 7. The van der Waals surface area contributed by atoms with Crippen molar-refractivity contribution in [1.82, 2.24) is 34.9 Å². The molecule has 648 valence electrons. The number of hydrogen-bond acceptors (Lipinski definition) is 9. The van der Waals surface area contributed by atoms with E-state index in [1.807, 2.05) is 309 Å². The first-order valence-electron chi connectivity index (χ1n) is 43.1. The van der Waals surface area contributed by atoms with Gasteiger partial charge < -0.3 is 40.0 Å². The van der Waals surface area contributed by atoms with Crippen LogP contribution >= 0.6 is 0 Å². The van der Waals surface area contributed by atoms with Crippen molar-refractivity contribution < 1.29 is 97.2 Å². The number of benzene rings is 11. The Morgan fingerprint density at radius 2 is 0.664 bits per heavy atom. The monoisotopic (exact) mass is 2390 g/mol. The van der Waals surface area contributed by atoms with E-state index in [0.717, 1.165) is 78.7 Å². The largest absolute Gasteiger partial charge is 0.512 e. The maximum absolute atomic E-state index is 11.5. The van der Waals surface area contributed by atoms with E-state index in [2.05, 4.69) is 177 Å². The molecular weight excluding hydrogens is 2280 g/mol. The number of allylic oxidation sites excluding steroid dienone is 2. The summed E-state index contributed by atoms with van der Waals surface area (Å²) in [6.45, 7) is 17.4. The molecule has 0 spiro atoms. The van der Waals surface area contributed by atoms with Gasteiger partial charge >= 0.3 is 0 Å². The Labute approximate surface area is 817 Å². The molecule has 1 N–H and O–H groups in total. The molecule has 0 fully saturated rings. The summed E-state index contributed by atoms with van der Waals surface area (Å²) in [6.07, 6.45) is 13.9. The number of nitrogens with zero attached hydrogens (tertiary/aromatic N) is 7. The maximum Gasteiger partial charge on any atom is 0.164 e. The van der Waals surface area contributed by atoms with Crippen molar-refractivity contribution in [3.05, 3.63) is 490 Å². The molecule has 0 bridgehead atoms. The van der Waals surface area contributed by atoms with Crippen molar-refractivity contribution >= 4 is 5.78 Å². The zero-order valence-electron chi connectivity index (χ0n) is 77.3. The summed E-state index contributed by atoms with van der Waals surface area (Å²) in [6, 6.07) is 134. The number of carbonyl (C=O) groups excluding carboxylic acids is 1. The summed E-state index contributed by atoms with van der Waals surface area (Å²) < 4.78 is 39.1. The van der Waals surface area contributed by atoms with E-state index < -0.39 is 11.5 Å². The Bertz CT molecular complexity index is 6260. The predicted molar refractivity (Wildman–Crippen MR) is 510 cm³/mol. The molecule has 18 rings (SSSR count). The number of aliphatic hydroxyl groups is 1. The summed E-state index contributed by atoms with van der Waals surface area (Å²) in [4.78, 5) is 42.0. The average molecular weight is 2380 g/mol. The maximum atomic E-state index is 11.5. The van der Waals surface area contributed by atoms with E-state index >= 15 is 0 Å². The zero-order valence-corrected chi connectivity index (χ0v) is 81.9. The molecule has 0 atom stereocenters. The molecule has 128 heavy (non-hydrogen) atoms. The van der Waals surface area contributed by atoms with Crippen LogP contribution in [-0.4, -0.2) is 45.8 Å². The summed E-state index contributed by atoms with van der Waals surface area (Å²) in [5, 5.41) is 9.56. The van der Waals surface area contributed by atoms with E-state index in [-0.39, 0.29) is 127 Å². The quantitative estimate of drug-likeness (QED) is 0.0722. The number of aliphatic hydroxyl groups excluding tert-OH is 1. The SMILES string of the molecule is CC(C)(C)C(=O)C=C(O)C(C)(C)C.Cc1c[c-]c(-c2ccccn2)cc1.Cc1cc(-c2[c-]cccc2)ncc1-c1ccccc1.Cc1ccccc1-c1ccnc(-c2[c-]cccc2)c1.[2H]c1c([2H])c([2H])c(-c2ccc(-c3[c-]cccc3)nc2)c([2H])c1[2H].[Ir].[Ir].[Ir].[Ir].[c-]1ccccc1-c1ccc(-c2ccccc2)cn1.[c-]1ccccc1-c1ccccn1.[c-]1ccccc1-c1ccccn1. The molecule has 4 radical (unpaired) electrons. The van der Waals surface area contributed by atoms with Crippen molar-refractivity contribution in [1.29, 1.82) is 0 Å². The summed E-state index contributed by atoms with van der Waals surface area (Å²) in [5.41, 5.74) is 24.3. The fourth-order valence-corrected chi connectivity index (χ4v) is 11.8. The Kier molecular flexibility index (Phi) is 40.1. The van der Waals surface area contributed by atoms with Crippen LogP contribution in [0.2, 0.25) is 0 Å². The minimum absolute atomic E-state index is 0. The molecule has 0 aliphatic rings. The summed E-state index contributed by atoms with van der Waals surface area (Å²) >= 11 is 0. The second-order valence-electron chi connectivity index (χ2n) is 30.2. The van der Waals surface area contributed by atoms with Gasteiger partial charge in [-0.1, -0.05) is 236 Å². The van der Waals surface area contributed by atoms with Gasteiger partial charge in [-0.05, 0) is 128 Å². The Hall–Kier alpha value is -12.7. The van der Waals surface area contributed by atoms with Crippen LogP contribution in [0, 0.1) is 74.1 Å². The van der Waals surface area contributed by atoms with E-state index in [1.54, 1.807) is 36.8 Å². The first-order valence-corrected chi connectivity index (χ1v) is 40.6. The standard InChI is InChI=1S/2C18H14N.2C17H12N.C12H10N.2C11H8N.C11H20O2.4Ir/c1-14-12-18(16-10-6-3-7-11-16)19-13-17(14)15-8-4-2-5-9-15;1-14-7-5-6-10-17(14)16-11-12-19-18(13-16)15-8-3-2-4-9-15;2*1-3-7-14(8-4-1)16-11-12-17(18-13-16)15-9-5-2-6-10-15;1-10-5-7-11(8-6-10)12-4-2-3-9-13-12;2*1-2-6-10(7-3-1)11-8-4-5-9-12-11;1-10(2,3)8(12)7-9(13)11(4,5)6;;;;/h2-10,12-13H,1H3;2-8,10-13H,1H3;2*1-9,11-13H;2-7,9H,1H3;2*1-6,8-9H;7,12H,1-6H3;;;;/q7*-1;;;;;/i;;1D,3D,4D,7D,8D;;;;;;;;;. The van der Waals surface area contributed by atoms with Crippen LogP contribution in [0.15, 0.2) is 431 Å². The van der Waals surface area contributed by atoms with Crippen LogP contribution in [-0.2, 0) is 85.2 Å². The van der Waals surface area contributed by atoms with E-state index in [4.69, 9.17) is 6.85 Å². The Morgan fingerprint density at radius 1 is 0.297 bits per heavy atom. The molecule has 13 heteroatoms. The van der Waals surface area contributed by atoms with E-state index in [9.17, 15) is 9.90 Å². The van der Waals surface area contributed by atoms with Crippen molar-refractivity contribution in [2.75, 3.05) is 0 Å². The number of rotatable bonds is 12. The predicted octanol–water partition coefficient (Wildman–Crippen LogP) is 28.5. The fourth-order valence-electron chi connectivity index (χ4n) is 11.8. The van der Waals surface area contributed by atoms with Crippen molar-refractivity contribution in [3.63, 3.8) is 0 Å². The summed E-state index contributed by atoms with van der Waals surface area (Å²) in [5.74, 6) is 0.104. The smallest absolute Gasteiger partial charge is 0.164 e. The second-order valence-corrected chi connectivity index (χ2v) is 30.2. The minimum atomic E-state index is -0.417. The van der Waals surface area contributed by atoms with Gasteiger partial charge in [-0.25, -0.2) is 0 Å². The Balaban J connectivity index is 0.000000209. The van der Waals surface area contributed by atoms with Gasteiger partial charge in [0.2, 0.25) is 0 Å². The molecule has 0 amide bonds. The first-order chi connectivity index (χ1) is 62.5. The van der Waals surface area contributed by atoms with Crippen LogP contribution in [0.4, 0.5) is 0 Å². The molecular formula is C115H98Ir4N7O2-7. The number of hydrogen-bond donors (Lipinski definition) is 1. The topological polar surface area (TPSA) is 128 Å². The normalized spacial score (nSPS) is 10.8. The molecule has 0 aliphatic carbocycles. The first kappa shape index (κ1) is 94.4. The molecule has 7 aromatic heterocycles. The van der Waals surface area contributed by atoms with Crippen molar-refractivity contribution in [3.8, 4) is 123 Å². The Morgan fingerprint density at radius 3 is 1.03 bits per heavy atom. The van der Waals surface area contributed by atoms with Crippen LogP contribution < -0.4 is 0 Å². The number of aryl methyl sites for hydroxylation is 3. The average Bonchev–Trinajstić information content (AvgIpc) is 0.774. The molecule has 9 nitrogen and oxygen atoms in total. The van der Waals surface area contributed by atoms with Crippen LogP contribution in [0.3, 0.4) is 0 Å². The molecule has 11 aromatic carbocycles. The van der Waals surface area contributed by atoms with Gasteiger partial charge in [0.15, 0.2) is 5.78 Å². The third-order valence-corrected chi connectivity index (χ3v) is 18.8. The van der Waals surface area contributed by atoms with E-state index in [1.165, 1.54) is 56.8 Å². The van der Waals surface area contributed by atoms with Gasteiger partial charge in [-0.15, -0.1) is 251 Å². The molecule has 0 unspecified atom stereocenters. The third-order valence-electron chi connectivity index (χ3n) is 18.8. The van der Waals surface area contributed by atoms with Crippen LogP contribution in [0.25, 0.3) is 123 Å². The molecule has 0 aliphatic heterocycles. The van der Waals surface area contributed by atoms with Gasteiger partial charge in [0.05, 0.1) is 6.85 Å². The zero-order chi connectivity index (χ0) is 91.3. The minimum Gasteiger partial charge on any atom is -0.512 e. The van der Waals surface area contributed by atoms with E-state index in [0.29, 0.717) is 11.3 Å². The fraction of sp³-hybridized carbons (Fsp3) is 0.0957. The van der Waals surface area contributed by atoms with Gasteiger partial charge in [-0.2, -0.15) is 0 Å². The van der Waals surface area contributed by atoms with Crippen LogP contribution in [0.5, 0.6) is 0 Å². The number of ketones is 1. The van der Waals surface area contributed by atoms with Gasteiger partial charge in [0, 0.05) is 146 Å². The van der Waals surface area contributed by atoms with Gasteiger partial charge in [0.25, 0.3) is 0 Å². The van der Waals surface area contributed by atoms with Gasteiger partial charge in [-0.3, -0.25) is 4.79 Å². The number of pyridine rings is 7. The van der Waals surface area contributed by atoms with Crippen LogP contribution in [0.1, 0.15) is 65.1 Å². The van der Waals surface area contributed by atoms with Crippen molar-refractivity contribution in [2.24, 2.45) is 10.8 Å². The summed E-state index contributed by atoms with van der Waals surface area (Å²) in [7, 11) is 0. The molecule has 18 aromatic rings. The molecule has 0 saturated carbocycles. The van der Waals surface area contributed by atoms with Gasteiger partial charge in [0.1, 0.15) is 5.76 Å². The molecule has 7 heterocycles. The number of carbonyl (C=O) groups is 1. The third kappa shape index (κ3) is 33.2.